The number of fused-ring (bicyclic) bond motifs is 1. The summed E-state index contributed by atoms with van der Waals surface area (Å²) in [6.45, 7) is 0.860. The molecule has 1 unspecified atom stereocenters. The van der Waals surface area contributed by atoms with Gasteiger partial charge in [-0.25, -0.2) is 14.6 Å². The summed E-state index contributed by atoms with van der Waals surface area (Å²) in [5, 5.41) is 18.4. The first kappa shape index (κ1) is 17.0. The fourth-order valence-electron chi connectivity index (χ4n) is 2.74. The van der Waals surface area contributed by atoms with Gasteiger partial charge in [-0.3, -0.25) is 0 Å². The number of hydrogen-bond donors (Lipinski definition) is 2. The van der Waals surface area contributed by atoms with Gasteiger partial charge in [0.15, 0.2) is 6.10 Å². The maximum absolute atomic E-state index is 11.1. The van der Waals surface area contributed by atoms with E-state index in [2.05, 4.69) is 9.72 Å². The Morgan fingerprint density at radius 2 is 2.12 bits per heavy atom. The van der Waals surface area contributed by atoms with E-state index in [1.54, 1.807) is 22.7 Å². The molecule has 2 N–H and O–H groups in total. The number of esters is 1. The smallest absolute Gasteiger partial charge is 0.407 e. The van der Waals surface area contributed by atoms with Crippen LogP contribution in [0.25, 0.3) is 5.65 Å². The number of aliphatic hydroxyl groups is 1. The lowest BCUT2D eigenvalue weighted by atomic mass is 9.95. The van der Waals surface area contributed by atoms with Crippen molar-refractivity contribution in [2.45, 2.75) is 12.5 Å². The van der Waals surface area contributed by atoms with E-state index < -0.39 is 18.2 Å². The molecule has 1 fully saturated rings. The minimum absolute atomic E-state index is 0.202. The Labute approximate surface area is 143 Å². The first-order chi connectivity index (χ1) is 12.0. The second-order valence-corrected chi connectivity index (χ2v) is 5.97. The van der Waals surface area contributed by atoms with Crippen LogP contribution in [0.5, 0.6) is 5.75 Å². The molecule has 9 nitrogen and oxygen atoms in total. The average molecular weight is 349 g/mol. The van der Waals surface area contributed by atoms with Crippen molar-refractivity contribution < 1.29 is 29.3 Å². The molecule has 1 aliphatic rings. The van der Waals surface area contributed by atoms with Gasteiger partial charge in [-0.15, -0.1) is 0 Å². The van der Waals surface area contributed by atoms with Crippen LogP contribution in [0, 0.1) is 5.92 Å². The van der Waals surface area contributed by atoms with Crippen LogP contribution in [0.1, 0.15) is 5.69 Å². The fourth-order valence-corrected chi connectivity index (χ4v) is 2.74. The molecule has 1 saturated heterocycles. The molecule has 2 aromatic heterocycles. The number of carboxylic acid groups (broad SMARTS) is 1. The van der Waals surface area contributed by atoms with E-state index in [9.17, 15) is 14.7 Å². The molecule has 134 valence electrons. The predicted octanol–water partition coefficient (Wildman–Crippen LogP) is 0.399. The van der Waals surface area contributed by atoms with Gasteiger partial charge in [0, 0.05) is 19.3 Å². The first-order valence-corrected chi connectivity index (χ1v) is 7.80. The zero-order valence-corrected chi connectivity index (χ0v) is 13.7. The largest absolute Gasteiger partial charge is 0.489 e. The van der Waals surface area contributed by atoms with Gasteiger partial charge in [0.1, 0.15) is 18.0 Å². The Morgan fingerprint density at radius 3 is 2.80 bits per heavy atom. The number of imidazole rings is 1. The quantitative estimate of drug-likeness (QED) is 0.726. The zero-order valence-electron chi connectivity index (χ0n) is 13.7. The van der Waals surface area contributed by atoms with Crippen LogP contribution in [-0.4, -0.2) is 69.5 Å². The summed E-state index contributed by atoms with van der Waals surface area (Å²) in [6, 6.07) is 3.47. The molecule has 1 aliphatic heterocycles. The number of amides is 1. The molecule has 0 saturated carbocycles. The van der Waals surface area contributed by atoms with Crippen molar-refractivity contribution in [2.24, 2.45) is 5.92 Å². The topological polar surface area (TPSA) is 114 Å². The highest BCUT2D eigenvalue weighted by Crippen LogP contribution is 2.21. The summed E-state index contributed by atoms with van der Waals surface area (Å²) in [5.41, 5.74) is 1.62. The molecule has 0 spiro atoms. The Morgan fingerprint density at radius 1 is 1.36 bits per heavy atom. The number of likely N-dealkylation sites (tertiary alicyclic amines) is 1. The van der Waals surface area contributed by atoms with Gasteiger partial charge >= 0.3 is 12.1 Å². The van der Waals surface area contributed by atoms with Crippen molar-refractivity contribution in [3.8, 4) is 5.75 Å². The highest BCUT2D eigenvalue weighted by Gasteiger charge is 2.30. The van der Waals surface area contributed by atoms with Crippen molar-refractivity contribution in [1.29, 1.82) is 0 Å². The van der Waals surface area contributed by atoms with Crippen molar-refractivity contribution in [3.05, 3.63) is 30.2 Å². The van der Waals surface area contributed by atoms with Gasteiger partial charge in [-0.05, 0) is 24.5 Å². The summed E-state index contributed by atoms with van der Waals surface area (Å²) in [7, 11) is 1.20. The highest BCUT2D eigenvalue weighted by molar-refractivity contribution is 5.74. The number of pyridine rings is 1. The van der Waals surface area contributed by atoms with Crippen molar-refractivity contribution >= 4 is 17.7 Å². The number of hydrogen-bond acceptors (Lipinski definition) is 6. The molecular weight excluding hydrogens is 330 g/mol. The van der Waals surface area contributed by atoms with Gasteiger partial charge in [-0.2, -0.15) is 0 Å². The first-order valence-electron chi connectivity index (χ1n) is 7.80. The molecule has 0 aromatic carbocycles. The molecule has 0 aliphatic carbocycles. The molecule has 0 radical (unpaired) electrons. The number of carbonyl (C=O) groups excluding carboxylic acids is 1. The van der Waals surface area contributed by atoms with Crippen LogP contribution >= 0.6 is 0 Å². The highest BCUT2D eigenvalue weighted by atomic mass is 16.5. The number of methoxy groups -OCH3 is 1. The van der Waals surface area contributed by atoms with E-state index in [4.69, 9.17) is 9.84 Å². The van der Waals surface area contributed by atoms with E-state index in [1.165, 1.54) is 12.0 Å². The minimum atomic E-state index is -1.34. The number of aliphatic hydroxyl groups excluding tert-OH is 1. The van der Waals surface area contributed by atoms with E-state index >= 15 is 0 Å². The van der Waals surface area contributed by atoms with Gasteiger partial charge in [0.25, 0.3) is 0 Å². The molecule has 25 heavy (non-hydrogen) atoms. The van der Waals surface area contributed by atoms with Crippen LogP contribution in [0.15, 0.2) is 24.5 Å². The normalized spacial score (nSPS) is 15.7. The molecule has 9 heteroatoms. The van der Waals surface area contributed by atoms with Gasteiger partial charge in [0.2, 0.25) is 0 Å². The standard InChI is InChI=1S/C16H19N3O6/c1-24-15(21)13(20)9-25-12-2-3-14-17-11(7-18(14)8-12)4-10-5-19(6-10)16(22)23/h2-3,7-8,10,13,20H,4-6,9H2,1H3,(H,22,23). The summed E-state index contributed by atoms with van der Waals surface area (Å²) < 4.78 is 11.6. The lowest BCUT2D eigenvalue weighted by Crippen LogP contribution is -2.50. The predicted molar refractivity (Wildman–Crippen MR) is 85.5 cm³/mol. The number of nitrogens with zero attached hydrogens (tertiary/aromatic N) is 3. The summed E-state index contributed by atoms with van der Waals surface area (Å²) >= 11 is 0. The molecular formula is C16H19N3O6. The SMILES string of the molecule is COC(=O)C(O)COc1ccc2nc(CC3CN(C(=O)O)C3)cn2c1. The van der Waals surface area contributed by atoms with E-state index in [0.29, 0.717) is 25.3 Å². The number of aromatic nitrogens is 2. The maximum atomic E-state index is 11.1. The third-order valence-electron chi connectivity index (χ3n) is 4.08. The Balaban J connectivity index is 1.60. The fraction of sp³-hybridized carbons (Fsp3) is 0.438. The zero-order chi connectivity index (χ0) is 18.0. The lowest BCUT2D eigenvalue weighted by molar-refractivity contribution is -0.151. The molecule has 3 heterocycles. The van der Waals surface area contributed by atoms with Crippen molar-refractivity contribution in [2.75, 3.05) is 26.8 Å². The summed E-state index contributed by atoms with van der Waals surface area (Å²) in [4.78, 5) is 27.8. The maximum Gasteiger partial charge on any atom is 0.407 e. The molecule has 2 aromatic rings. The van der Waals surface area contributed by atoms with Crippen LogP contribution in [0.3, 0.4) is 0 Å². The van der Waals surface area contributed by atoms with Gasteiger partial charge in [0.05, 0.1) is 19.0 Å². The number of rotatable bonds is 6. The van der Waals surface area contributed by atoms with E-state index in [0.717, 1.165) is 11.3 Å². The van der Waals surface area contributed by atoms with Gasteiger partial charge < -0.3 is 29.0 Å². The monoisotopic (exact) mass is 349 g/mol. The average Bonchev–Trinajstić information content (AvgIpc) is 2.96. The Kier molecular flexibility index (Phi) is 4.75. The molecule has 3 rings (SSSR count). The minimum Gasteiger partial charge on any atom is -0.489 e. The number of ether oxygens (including phenoxy) is 2. The third kappa shape index (κ3) is 3.82. The molecule has 1 atom stereocenters. The number of carbonyl (C=O) groups is 2. The van der Waals surface area contributed by atoms with Crippen LogP contribution < -0.4 is 4.74 Å². The van der Waals surface area contributed by atoms with Crippen LogP contribution in [0.2, 0.25) is 0 Å². The third-order valence-corrected chi connectivity index (χ3v) is 4.08. The molecule has 0 bridgehead atoms. The second kappa shape index (κ2) is 6.98. The lowest BCUT2D eigenvalue weighted by Gasteiger charge is -2.36. The second-order valence-electron chi connectivity index (χ2n) is 5.97. The Bertz CT molecular complexity index is 783. The van der Waals surface area contributed by atoms with Gasteiger partial charge in [-0.1, -0.05) is 0 Å². The summed E-state index contributed by atoms with van der Waals surface area (Å²) in [6.07, 6.45) is 2.06. The van der Waals surface area contributed by atoms with Crippen molar-refractivity contribution in [3.63, 3.8) is 0 Å². The van der Waals surface area contributed by atoms with E-state index in [-0.39, 0.29) is 12.5 Å². The van der Waals surface area contributed by atoms with E-state index in [1.807, 2.05) is 6.20 Å². The summed E-state index contributed by atoms with van der Waals surface area (Å²) in [5.74, 6) is 0.0222. The van der Waals surface area contributed by atoms with Crippen molar-refractivity contribution in [1.82, 2.24) is 14.3 Å². The molecule has 1 amide bonds. The Hall–Kier alpha value is -2.81. The van der Waals surface area contributed by atoms with Crippen LogP contribution in [0.4, 0.5) is 4.79 Å². The van der Waals surface area contributed by atoms with Crippen LogP contribution in [-0.2, 0) is 16.0 Å².